The number of rotatable bonds is 0. The van der Waals surface area contributed by atoms with Crippen molar-refractivity contribution < 1.29 is 14.7 Å². The van der Waals surface area contributed by atoms with E-state index in [1.54, 1.807) is 5.56 Å². The van der Waals surface area contributed by atoms with Gasteiger partial charge >= 0.3 is 6.15 Å². The fourth-order valence-corrected chi connectivity index (χ4v) is 5.62. The van der Waals surface area contributed by atoms with Gasteiger partial charge in [0.05, 0.1) is 12.1 Å². The van der Waals surface area contributed by atoms with Crippen molar-refractivity contribution in [2.24, 2.45) is 17.8 Å². The number of hydrogen-bond acceptors (Lipinski definition) is 4. The Morgan fingerprint density at radius 3 is 2.24 bits per heavy atom. The average Bonchev–Trinajstić information content (AvgIpc) is 3.03. The first-order valence-corrected chi connectivity index (χ1v) is 9.65. The lowest BCUT2D eigenvalue weighted by molar-refractivity contribution is -0.191. The highest BCUT2D eigenvalue weighted by molar-refractivity contribution is 5.85. The maximum absolute atomic E-state index is 10.3. The lowest BCUT2D eigenvalue weighted by atomic mass is 9.65. The molecule has 3 heterocycles. The zero-order valence-corrected chi connectivity index (χ0v) is 15.1. The van der Waals surface area contributed by atoms with Gasteiger partial charge in [0.15, 0.2) is 0 Å². The number of benzene rings is 1. The molecule has 2 aliphatic heterocycles. The van der Waals surface area contributed by atoms with E-state index in [2.05, 4.69) is 41.1 Å². The second kappa shape index (κ2) is 15.8. The van der Waals surface area contributed by atoms with E-state index in [9.17, 15) is 5.11 Å². The van der Waals surface area contributed by atoms with E-state index in [4.69, 9.17) is 9.59 Å². The van der Waals surface area contributed by atoms with Crippen LogP contribution in [0, 0.1) is 17.8 Å². The molecule has 2 N–H and O–H groups in total. The summed E-state index contributed by atoms with van der Waals surface area (Å²) in [5.41, 5.74) is 4.30. The van der Waals surface area contributed by atoms with Crippen molar-refractivity contribution in [3.8, 4) is 0 Å². The van der Waals surface area contributed by atoms with Crippen molar-refractivity contribution in [3.05, 3.63) is 35.5 Å². The van der Waals surface area contributed by atoms with Gasteiger partial charge < -0.3 is 10.1 Å². The number of carbonyl (C=O) groups excluding carboxylic acids is 2. The first kappa shape index (κ1) is 38.3. The Morgan fingerprint density at radius 2 is 1.61 bits per heavy atom. The monoisotopic (exact) mass is 466 g/mol. The summed E-state index contributed by atoms with van der Waals surface area (Å²) in [5.74, 6) is 1.92. The van der Waals surface area contributed by atoms with Gasteiger partial charge in [0.1, 0.15) is 0 Å². The smallest absolute Gasteiger partial charge is 0.373 e. The molecule has 2 fully saturated rings. The number of H-pyrrole nitrogens is 1. The summed E-state index contributed by atoms with van der Waals surface area (Å²) >= 11 is 0. The molecule has 1 aliphatic carbocycles. The molecule has 1 aromatic heterocycles. The molecular formula is C28H54N2O3. The summed E-state index contributed by atoms with van der Waals surface area (Å²) in [6, 6.07) is 9.27. The van der Waals surface area contributed by atoms with Crippen LogP contribution in [-0.2, 0) is 16.0 Å². The fourth-order valence-electron chi connectivity index (χ4n) is 5.62. The van der Waals surface area contributed by atoms with Crippen LogP contribution in [0.4, 0.5) is 0 Å². The summed E-state index contributed by atoms with van der Waals surface area (Å²) in [4.78, 5) is 22.7. The van der Waals surface area contributed by atoms with Gasteiger partial charge in [-0.05, 0) is 55.1 Å². The van der Waals surface area contributed by atoms with Crippen molar-refractivity contribution in [3.63, 3.8) is 0 Å². The lowest BCUT2D eigenvalue weighted by Gasteiger charge is -2.51. The van der Waals surface area contributed by atoms with Gasteiger partial charge in [-0.15, -0.1) is 0 Å². The number of aliphatic hydroxyl groups excluding tert-OH is 1. The van der Waals surface area contributed by atoms with E-state index < -0.39 is 0 Å². The zero-order valence-electron chi connectivity index (χ0n) is 15.1. The normalized spacial score (nSPS) is 26.2. The van der Waals surface area contributed by atoms with Crippen LogP contribution in [0.25, 0.3) is 10.9 Å². The molecule has 3 aliphatic rings. The lowest BCUT2D eigenvalue weighted by Crippen LogP contribution is -2.50. The molecule has 5 nitrogen and oxygen atoms in total. The summed E-state index contributed by atoms with van der Waals surface area (Å²) in [5, 5.41) is 11.7. The van der Waals surface area contributed by atoms with Crippen molar-refractivity contribution in [2.45, 2.75) is 96.7 Å². The number of aliphatic hydroxyl groups is 1. The number of hydrogen-bond donors (Lipinski definition) is 2. The number of piperidine rings is 1. The molecule has 0 radical (unpaired) electrons. The maximum atomic E-state index is 10.3. The number of aromatic amines is 1. The number of aromatic nitrogens is 1. The first-order valence-electron chi connectivity index (χ1n) is 9.65. The predicted octanol–water partition coefficient (Wildman–Crippen LogP) is 7.36. The van der Waals surface area contributed by atoms with Crippen LogP contribution in [0.15, 0.2) is 24.3 Å². The first-order chi connectivity index (χ1) is 12.6. The van der Waals surface area contributed by atoms with Crippen molar-refractivity contribution >= 4 is 17.1 Å². The highest BCUT2D eigenvalue weighted by atomic mass is 16.3. The predicted molar refractivity (Wildman–Crippen MR) is 144 cm³/mol. The molecule has 0 amide bonds. The molecule has 1 aromatic carbocycles. The summed E-state index contributed by atoms with van der Waals surface area (Å²) < 4.78 is 0. The molecule has 33 heavy (non-hydrogen) atoms. The standard InChI is InChI=1S/C20H26N2O.CO2.7CH4/c1-12-16-10-18-20-15(14-4-2-3-5-17(14)21-20)8-9-22(18)11-13(16)6-7-19(12)23;2-1-3;;;;;;;/h2-5,12-13,16,18-19,21,23H,6-11H2,1H3;;7*1H4/t12-,13+,16-,18+,19+;;;;;;;;/m1......../s1. The molecular weight excluding hydrogens is 412 g/mol. The molecule has 5 rings (SSSR count). The number of nitrogens with one attached hydrogen (secondary N) is 1. The Labute approximate surface area is 205 Å². The average molecular weight is 467 g/mol. The maximum Gasteiger partial charge on any atom is 0.373 e. The SMILES string of the molecule is C.C.C.C.C.C.C.C[C@@H]1[C@H]2C[C@H]3c4[nH]c5ccccc5c4CCN3C[C@@H]2CC[C@@H]1O.O=C=O. The van der Waals surface area contributed by atoms with E-state index in [1.165, 1.54) is 48.9 Å². The molecule has 1 saturated carbocycles. The van der Waals surface area contributed by atoms with E-state index in [0.717, 1.165) is 12.3 Å². The summed E-state index contributed by atoms with van der Waals surface area (Å²) in [6.45, 7) is 4.69. The molecule has 5 atom stereocenters. The second-order valence-corrected chi connectivity index (χ2v) is 8.07. The Bertz CT molecular complexity index is 826. The van der Waals surface area contributed by atoms with Gasteiger partial charge in [-0.25, -0.2) is 0 Å². The van der Waals surface area contributed by atoms with Crippen LogP contribution in [0.5, 0.6) is 0 Å². The third-order valence-corrected chi connectivity index (χ3v) is 6.96. The Morgan fingerprint density at radius 1 is 1.00 bits per heavy atom. The van der Waals surface area contributed by atoms with Crippen LogP contribution < -0.4 is 0 Å². The van der Waals surface area contributed by atoms with Gasteiger partial charge in [0, 0.05) is 29.7 Å². The molecule has 5 heteroatoms. The molecule has 0 unspecified atom stereocenters. The highest BCUT2D eigenvalue weighted by Gasteiger charge is 2.45. The number of nitrogens with zero attached hydrogens (tertiary/aromatic N) is 1. The Balaban J connectivity index is -0.000000401. The van der Waals surface area contributed by atoms with Crippen LogP contribution in [0.3, 0.4) is 0 Å². The minimum absolute atomic E-state index is 0. The molecule has 2 aromatic rings. The molecule has 0 spiro atoms. The van der Waals surface area contributed by atoms with Crippen molar-refractivity contribution in [1.82, 2.24) is 9.88 Å². The molecule has 1 saturated heterocycles. The minimum atomic E-state index is -0.0893. The van der Waals surface area contributed by atoms with E-state index in [-0.39, 0.29) is 64.2 Å². The zero-order chi connectivity index (χ0) is 18.3. The van der Waals surface area contributed by atoms with E-state index in [1.807, 2.05) is 0 Å². The summed E-state index contributed by atoms with van der Waals surface area (Å²) in [7, 11) is 0. The van der Waals surface area contributed by atoms with Crippen molar-refractivity contribution in [1.29, 1.82) is 0 Å². The minimum Gasteiger partial charge on any atom is -0.393 e. The van der Waals surface area contributed by atoms with Gasteiger partial charge in [-0.3, -0.25) is 4.90 Å². The largest absolute Gasteiger partial charge is 0.393 e. The molecule has 194 valence electrons. The van der Waals surface area contributed by atoms with Gasteiger partial charge in [0.2, 0.25) is 0 Å². The quantitative estimate of drug-likeness (QED) is 0.425. The van der Waals surface area contributed by atoms with E-state index >= 15 is 0 Å². The Kier molecular flexibility index (Phi) is 18.4. The van der Waals surface area contributed by atoms with E-state index in [0.29, 0.717) is 17.9 Å². The Hall–Kier alpha value is -1.94. The van der Waals surface area contributed by atoms with Gasteiger partial charge in [-0.1, -0.05) is 77.1 Å². The second-order valence-electron chi connectivity index (χ2n) is 8.07. The van der Waals surface area contributed by atoms with Gasteiger partial charge in [-0.2, -0.15) is 9.59 Å². The van der Waals surface area contributed by atoms with Crippen molar-refractivity contribution in [2.75, 3.05) is 13.1 Å². The molecule has 0 bridgehead atoms. The summed E-state index contributed by atoms with van der Waals surface area (Å²) in [6.07, 6.45) is 4.75. The van der Waals surface area contributed by atoms with Crippen LogP contribution in [-0.4, -0.2) is 40.3 Å². The third-order valence-electron chi connectivity index (χ3n) is 6.96. The third kappa shape index (κ3) is 6.79. The van der Waals surface area contributed by atoms with Crippen LogP contribution in [0.2, 0.25) is 0 Å². The number of para-hydroxylation sites is 1. The topological polar surface area (TPSA) is 73.4 Å². The van der Waals surface area contributed by atoms with Crippen LogP contribution in [0.1, 0.15) is 95.5 Å². The van der Waals surface area contributed by atoms with Crippen LogP contribution >= 0.6 is 0 Å². The number of fused-ring (bicyclic) bond motifs is 6. The highest BCUT2D eigenvalue weighted by Crippen LogP contribution is 2.48. The van der Waals surface area contributed by atoms with Gasteiger partial charge in [0.25, 0.3) is 0 Å². The fraction of sp³-hybridized carbons (Fsp3) is 0.679.